The number of hydrogen-bond acceptors (Lipinski definition) is 6. The van der Waals surface area contributed by atoms with Crippen molar-refractivity contribution < 1.29 is 9.15 Å². The van der Waals surface area contributed by atoms with Gasteiger partial charge in [-0.1, -0.05) is 63.9 Å². The van der Waals surface area contributed by atoms with Crippen LogP contribution in [0.15, 0.2) is 92.8 Å². The van der Waals surface area contributed by atoms with E-state index in [1.807, 2.05) is 60.7 Å². The van der Waals surface area contributed by atoms with Crippen LogP contribution in [0, 0.1) is 0 Å². The Morgan fingerprint density at radius 2 is 1.81 bits per heavy atom. The zero-order chi connectivity index (χ0) is 24.4. The van der Waals surface area contributed by atoms with Gasteiger partial charge in [0.25, 0.3) is 0 Å². The first-order valence-electron chi connectivity index (χ1n) is 11.1. The maximum atomic E-state index is 13.4. The van der Waals surface area contributed by atoms with Gasteiger partial charge in [0.1, 0.15) is 11.9 Å². The summed E-state index contributed by atoms with van der Waals surface area (Å²) in [5.74, 6) is 0.678. The molecule has 0 radical (unpaired) electrons. The summed E-state index contributed by atoms with van der Waals surface area (Å²) in [4.78, 5) is 22.8. The molecule has 6 aromatic rings. The van der Waals surface area contributed by atoms with Crippen LogP contribution in [0.1, 0.15) is 22.6 Å². The summed E-state index contributed by atoms with van der Waals surface area (Å²) in [7, 11) is 0. The average molecular weight is 558 g/mol. The predicted octanol–water partition coefficient (Wildman–Crippen LogP) is 6.60. The topological polar surface area (TPSA) is 82.5 Å². The van der Waals surface area contributed by atoms with Gasteiger partial charge in [-0.2, -0.15) is 0 Å². The van der Waals surface area contributed by atoms with E-state index in [1.165, 1.54) is 0 Å². The minimum Gasteiger partial charge on any atom is -0.437 e. The summed E-state index contributed by atoms with van der Waals surface area (Å²) in [5, 5.41) is 5.85. The average Bonchev–Trinajstić information content (AvgIpc) is 3.32. The summed E-state index contributed by atoms with van der Waals surface area (Å²) >= 11 is 9.99. The van der Waals surface area contributed by atoms with Gasteiger partial charge < -0.3 is 9.15 Å². The van der Waals surface area contributed by atoms with Crippen molar-refractivity contribution >= 4 is 44.1 Å². The van der Waals surface area contributed by atoms with Crippen LogP contribution in [0.5, 0.6) is 11.6 Å². The first-order chi connectivity index (χ1) is 17.6. The van der Waals surface area contributed by atoms with Crippen molar-refractivity contribution in [2.45, 2.75) is 5.92 Å². The van der Waals surface area contributed by atoms with E-state index in [4.69, 9.17) is 25.7 Å². The Hall–Kier alpha value is -4.01. The zero-order valence-electron chi connectivity index (χ0n) is 18.4. The first-order valence-corrected chi connectivity index (χ1v) is 12.2. The Kier molecular flexibility index (Phi) is 4.74. The van der Waals surface area contributed by atoms with Gasteiger partial charge in [-0.3, -0.25) is 0 Å². The van der Waals surface area contributed by atoms with Crippen molar-refractivity contribution in [3.8, 4) is 23.0 Å². The van der Waals surface area contributed by atoms with E-state index in [2.05, 4.69) is 26.0 Å². The number of fused-ring (bicyclic) bond motifs is 6. The van der Waals surface area contributed by atoms with Crippen LogP contribution in [0.2, 0.25) is 5.02 Å². The Balaban J connectivity index is 1.56. The minimum atomic E-state index is -0.554. The van der Waals surface area contributed by atoms with Crippen LogP contribution in [-0.2, 0) is 0 Å². The predicted molar refractivity (Wildman–Crippen MR) is 139 cm³/mol. The summed E-state index contributed by atoms with van der Waals surface area (Å²) in [6.45, 7) is 0. The van der Waals surface area contributed by atoms with E-state index in [0.717, 1.165) is 10.0 Å². The molecule has 7 nitrogen and oxygen atoms in total. The number of aromatic nitrogens is 4. The van der Waals surface area contributed by atoms with Crippen LogP contribution in [-0.4, -0.2) is 19.6 Å². The lowest BCUT2D eigenvalue weighted by molar-refractivity contribution is 0.422. The van der Waals surface area contributed by atoms with Gasteiger partial charge in [-0.05, 0) is 42.0 Å². The normalized spacial score (nSPS) is 14.4. The molecular formula is C27H14BrClN4O3. The summed E-state index contributed by atoms with van der Waals surface area (Å²) in [6, 6.07) is 22.4. The first kappa shape index (κ1) is 21.3. The molecule has 0 aliphatic carbocycles. The highest BCUT2D eigenvalue weighted by atomic mass is 79.9. The molecule has 0 saturated carbocycles. The third kappa shape index (κ3) is 3.18. The maximum absolute atomic E-state index is 13.4. The molecule has 1 atom stereocenters. The molecule has 36 heavy (non-hydrogen) atoms. The standard InChI is InChI=1S/C27H14BrClN4O3/c28-15-7-5-6-14(12-15)20-21-23(17-9-2-4-11-19(17)35-27(21)34)36-26-22(20)25-31-24(32-33(25)13-30-26)16-8-1-3-10-18(16)29/h1-13,20H. The van der Waals surface area contributed by atoms with E-state index in [-0.39, 0.29) is 0 Å². The molecule has 4 heterocycles. The second-order valence-corrected chi connectivity index (χ2v) is 9.69. The quantitative estimate of drug-likeness (QED) is 0.223. The molecule has 3 aromatic heterocycles. The highest BCUT2D eigenvalue weighted by Gasteiger charge is 2.37. The van der Waals surface area contributed by atoms with E-state index >= 15 is 0 Å². The third-order valence-corrected chi connectivity index (χ3v) is 7.08. The van der Waals surface area contributed by atoms with E-state index in [0.29, 0.717) is 55.8 Å². The number of ether oxygens (including phenoxy) is 1. The van der Waals surface area contributed by atoms with Crippen LogP contribution < -0.4 is 10.4 Å². The van der Waals surface area contributed by atoms with Gasteiger partial charge in [-0.25, -0.2) is 19.3 Å². The Labute approximate surface area is 217 Å². The largest absolute Gasteiger partial charge is 0.437 e. The number of rotatable bonds is 2. The lowest BCUT2D eigenvalue weighted by Gasteiger charge is -2.27. The number of nitrogens with zero attached hydrogens (tertiary/aromatic N) is 4. The van der Waals surface area contributed by atoms with E-state index in [9.17, 15) is 4.79 Å². The van der Waals surface area contributed by atoms with Crippen molar-refractivity contribution in [1.82, 2.24) is 19.6 Å². The molecule has 0 N–H and O–H groups in total. The van der Waals surface area contributed by atoms with Gasteiger partial charge in [-0.15, -0.1) is 5.10 Å². The van der Waals surface area contributed by atoms with Crippen molar-refractivity contribution in [1.29, 1.82) is 0 Å². The minimum absolute atomic E-state index is 0.355. The fourth-order valence-corrected chi connectivity index (χ4v) is 5.34. The molecule has 3 aromatic carbocycles. The maximum Gasteiger partial charge on any atom is 0.344 e. The Morgan fingerprint density at radius 1 is 0.972 bits per heavy atom. The van der Waals surface area contributed by atoms with Gasteiger partial charge in [0.15, 0.2) is 17.2 Å². The van der Waals surface area contributed by atoms with Gasteiger partial charge in [0.2, 0.25) is 5.88 Å². The molecular weight excluding hydrogens is 544 g/mol. The van der Waals surface area contributed by atoms with Crippen LogP contribution in [0.4, 0.5) is 0 Å². The van der Waals surface area contributed by atoms with Crippen molar-refractivity contribution in [2.24, 2.45) is 0 Å². The Bertz CT molecular complexity index is 1900. The molecule has 0 fully saturated rings. The van der Waals surface area contributed by atoms with Crippen molar-refractivity contribution in [2.75, 3.05) is 0 Å². The summed E-state index contributed by atoms with van der Waals surface area (Å²) in [5.41, 5.74) is 3.04. The highest BCUT2D eigenvalue weighted by Crippen LogP contribution is 2.49. The molecule has 0 amide bonds. The van der Waals surface area contributed by atoms with Gasteiger partial charge in [0.05, 0.1) is 27.5 Å². The van der Waals surface area contributed by atoms with Gasteiger partial charge in [0, 0.05) is 10.0 Å². The number of halogens is 2. The lowest BCUT2D eigenvalue weighted by atomic mass is 9.84. The van der Waals surface area contributed by atoms with Crippen LogP contribution in [0.3, 0.4) is 0 Å². The number of para-hydroxylation sites is 1. The fraction of sp³-hybridized carbons (Fsp3) is 0.0370. The van der Waals surface area contributed by atoms with Crippen molar-refractivity contribution in [3.63, 3.8) is 0 Å². The molecule has 1 aliphatic heterocycles. The molecule has 7 rings (SSSR count). The Morgan fingerprint density at radius 3 is 2.67 bits per heavy atom. The molecule has 9 heteroatoms. The van der Waals surface area contributed by atoms with E-state index < -0.39 is 11.5 Å². The van der Waals surface area contributed by atoms with Crippen molar-refractivity contribution in [3.05, 3.63) is 116 Å². The second kappa shape index (κ2) is 8.01. The second-order valence-electron chi connectivity index (χ2n) is 8.37. The smallest absolute Gasteiger partial charge is 0.344 e. The van der Waals surface area contributed by atoms with Crippen LogP contribution >= 0.6 is 27.5 Å². The zero-order valence-corrected chi connectivity index (χ0v) is 20.7. The SMILES string of the molecule is O=c1oc2ccccc2c2c1C(c1cccc(Br)c1)c1c(ncn3nc(-c4ccccc4Cl)nc13)O2. The molecule has 174 valence electrons. The fourth-order valence-electron chi connectivity index (χ4n) is 4.71. The van der Waals surface area contributed by atoms with Gasteiger partial charge >= 0.3 is 5.63 Å². The summed E-state index contributed by atoms with van der Waals surface area (Å²) in [6.07, 6.45) is 1.55. The van der Waals surface area contributed by atoms with E-state index in [1.54, 1.807) is 23.0 Å². The third-order valence-electron chi connectivity index (χ3n) is 6.26. The molecule has 0 saturated heterocycles. The molecule has 0 spiro atoms. The monoisotopic (exact) mass is 556 g/mol. The van der Waals surface area contributed by atoms with Crippen LogP contribution in [0.25, 0.3) is 28.0 Å². The molecule has 1 unspecified atom stereocenters. The number of hydrogen-bond donors (Lipinski definition) is 0. The lowest BCUT2D eigenvalue weighted by Crippen LogP contribution is -2.22. The molecule has 0 bridgehead atoms. The number of benzene rings is 3. The highest BCUT2D eigenvalue weighted by molar-refractivity contribution is 9.10. The molecule has 1 aliphatic rings. The summed E-state index contributed by atoms with van der Waals surface area (Å²) < 4.78 is 14.5.